The van der Waals surface area contributed by atoms with Crippen molar-refractivity contribution in [3.8, 4) is 0 Å². The predicted octanol–water partition coefficient (Wildman–Crippen LogP) is 4.46. The molecular formula is C20H21ClFNO4S. The first-order valence-electron chi connectivity index (χ1n) is 9.11. The van der Waals surface area contributed by atoms with Crippen molar-refractivity contribution < 1.29 is 21.7 Å². The van der Waals surface area contributed by atoms with Crippen LogP contribution in [0, 0.1) is 11.7 Å². The molecule has 0 saturated carbocycles. The number of hydrogen-bond acceptors (Lipinski definition) is 5. The van der Waals surface area contributed by atoms with Crippen LogP contribution >= 0.6 is 11.6 Å². The molecule has 0 aliphatic carbocycles. The van der Waals surface area contributed by atoms with E-state index >= 15 is 0 Å². The van der Waals surface area contributed by atoms with E-state index in [0.717, 1.165) is 29.5 Å². The first-order valence-corrected chi connectivity index (χ1v) is 11.3. The van der Waals surface area contributed by atoms with Gasteiger partial charge in [0.05, 0.1) is 31.1 Å². The zero-order valence-electron chi connectivity index (χ0n) is 15.3. The second kappa shape index (κ2) is 7.63. The fraction of sp³-hybridized carbons (Fsp3) is 0.400. The number of rotatable bonds is 4. The molecule has 28 heavy (non-hydrogen) atoms. The lowest BCUT2D eigenvalue weighted by molar-refractivity contribution is -0.106. The molecule has 0 aromatic heterocycles. The Labute approximate surface area is 168 Å². The quantitative estimate of drug-likeness (QED) is 0.733. The number of ether oxygens (including phenoxy) is 1. The van der Waals surface area contributed by atoms with Gasteiger partial charge >= 0.3 is 0 Å². The summed E-state index contributed by atoms with van der Waals surface area (Å²) >= 11 is 6.21. The third kappa shape index (κ3) is 4.17. The summed E-state index contributed by atoms with van der Waals surface area (Å²) in [7, 11) is -3.53. The number of benzene rings is 2. The van der Waals surface area contributed by atoms with Crippen LogP contribution in [0.5, 0.6) is 0 Å². The highest BCUT2D eigenvalue weighted by Gasteiger charge is 2.42. The van der Waals surface area contributed by atoms with Crippen molar-refractivity contribution in [1.29, 1.82) is 0 Å². The van der Waals surface area contributed by atoms with Gasteiger partial charge in [0.25, 0.3) is 10.1 Å². The van der Waals surface area contributed by atoms with E-state index in [4.69, 9.17) is 20.5 Å². The Morgan fingerprint density at radius 1 is 1.21 bits per heavy atom. The van der Waals surface area contributed by atoms with Crippen LogP contribution in [-0.4, -0.2) is 27.4 Å². The van der Waals surface area contributed by atoms with Crippen molar-refractivity contribution >= 4 is 27.4 Å². The van der Waals surface area contributed by atoms with Gasteiger partial charge in [-0.25, -0.2) is 4.39 Å². The molecule has 8 heteroatoms. The minimum Gasteiger partial charge on any atom is -0.378 e. The van der Waals surface area contributed by atoms with Gasteiger partial charge in [-0.05, 0) is 48.7 Å². The van der Waals surface area contributed by atoms with Crippen molar-refractivity contribution in [3.63, 3.8) is 0 Å². The number of nitrogens with one attached hydrogen (secondary N) is 1. The first-order chi connectivity index (χ1) is 13.3. The lowest BCUT2D eigenvalue weighted by atomic mass is 9.76. The summed E-state index contributed by atoms with van der Waals surface area (Å²) in [5.41, 5.74) is 2.83. The van der Waals surface area contributed by atoms with Crippen molar-refractivity contribution in [2.24, 2.45) is 5.92 Å². The van der Waals surface area contributed by atoms with Gasteiger partial charge in [-0.1, -0.05) is 23.7 Å². The topological polar surface area (TPSA) is 64.6 Å². The van der Waals surface area contributed by atoms with Crippen molar-refractivity contribution in [2.75, 3.05) is 18.2 Å². The minimum atomic E-state index is -3.53. The highest BCUT2D eigenvalue weighted by atomic mass is 35.5. The Balaban J connectivity index is 1.65. The maximum Gasteiger partial charge on any atom is 0.264 e. The molecule has 4 atom stereocenters. The Bertz CT molecular complexity index is 967. The molecule has 5 nitrogen and oxygen atoms in total. The van der Waals surface area contributed by atoms with Crippen LogP contribution in [0.1, 0.15) is 36.1 Å². The molecule has 0 bridgehead atoms. The zero-order chi connectivity index (χ0) is 19.9. The summed E-state index contributed by atoms with van der Waals surface area (Å²) in [6, 6.07) is 12.0. The number of fused-ring (bicyclic) bond motifs is 3. The fourth-order valence-corrected chi connectivity index (χ4v) is 4.63. The Kier molecular flexibility index (Phi) is 5.35. The molecule has 1 N–H and O–H groups in total. The zero-order valence-corrected chi connectivity index (χ0v) is 16.8. The van der Waals surface area contributed by atoms with Gasteiger partial charge in [0, 0.05) is 22.2 Å². The molecule has 2 aliphatic rings. The van der Waals surface area contributed by atoms with Gasteiger partial charge in [-0.15, -0.1) is 0 Å². The summed E-state index contributed by atoms with van der Waals surface area (Å²) in [4.78, 5) is 0. The van der Waals surface area contributed by atoms with E-state index in [0.29, 0.717) is 11.4 Å². The van der Waals surface area contributed by atoms with Crippen LogP contribution < -0.4 is 5.32 Å². The van der Waals surface area contributed by atoms with Crippen LogP contribution in [0.25, 0.3) is 0 Å². The predicted molar refractivity (Wildman–Crippen MR) is 105 cm³/mol. The Morgan fingerprint density at radius 3 is 2.68 bits per heavy atom. The summed E-state index contributed by atoms with van der Waals surface area (Å²) in [6.45, 7) is -0.00735. The monoisotopic (exact) mass is 425 g/mol. The number of hydrogen-bond donors (Lipinski definition) is 1. The molecule has 2 aromatic carbocycles. The Morgan fingerprint density at radius 2 is 1.96 bits per heavy atom. The summed E-state index contributed by atoms with van der Waals surface area (Å²) in [5.74, 6) is -0.174. The van der Waals surface area contributed by atoms with E-state index in [9.17, 15) is 12.8 Å². The lowest BCUT2D eigenvalue weighted by Gasteiger charge is -2.45. The highest BCUT2D eigenvalue weighted by molar-refractivity contribution is 7.85. The molecule has 0 amide bonds. The summed E-state index contributed by atoms with van der Waals surface area (Å²) in [5, 5.41) is 4.15. The third-order valence-corrected chi connectivity index (χ3v) is 6.11. The molecule has 1 fully saturated rings. The maximum atomic E-state index is 13.4. The van der Waals surface area contributed by atoms with Gasteiger partial charge < -0.3 is 10.1 Å². The van der Waals surface area contributed by atoms with Crippen LogP contribution in [0.2, 0.25) is 5.02 Å². The third-order valence-electron chi connectivity index (χ3n) is 5.31. The normalized spacial score (nSPS) is 26.8. The van der Waals surface area contributed by atoms with Crippen LogP contribution in [0.4, 0.5) is 10.1 Å². The van der Waals surface area contributed by atoms with Crippen LogP contribution in [0.15, 0.2) is 42.5 Å². The average molecular weight is 426 g/mol. The van der Waals surface area contributed by atoms with Gasteiger partial charge in [-0.2, -0.15) is 8.42 Å². The SMILES string of the molecule is CS(=O)(=O)OC[C@H]1CC[C@@H]2[C@H](O1)c1cc(Cl)ccc1N[C@H]2c1ccc(F)cc1. The number of anilines is 1. The molecule has 1 saturated heterocycles. The Hall–Kier alpha value is -1.67. The molecule has 150 valence electrons. The van der Waals surface area contributed by atoms with E-state index < -0.39 is 10.1 Å². The molecule has 0 spiro atoms. The van der Waals surface area contributed by atoms with Crippen LogP contribution in [0.3, 0.4) is 0 Å². The van der Waals surface area contributed by atoms with Gasteiger partial charge in [0.2, 0.25) is 0 Å². The van der Waals surface area contributed by atoms with E-state index in [1.807, 2.05) is 18.2 Å². The van der Waals surface area contributed by atoms with E-state index in [-0.39, 0.29) is 36.6 Å². The smallest absolute Gasteiger partial charge is 0.264 e. The van der Waals surface area contributed by atoms with E-state index in [2.05, 4.69) is 5.32 Å². The molecule has 0 radical (unpaired) electrons. The second-order valence-corrected chi connectivity index (χ2v) is 9.39. The van der Waals surface area contributed by atoms with Gasteiger partial charge in [-0.3, -0.25) is 4.18 Å². The molecule has 4 rings (SSSR count). The molecule has 2 aliphatic heterocycles. The number of halogens is 2. The van der Waals surface area contributed by atoms with Crippen molar-refractivity contribution in [2.45, 2.75) is 31.1 Å². The molecule has 2 aromatic rings. The van der Waals surface area contributed by atoms with E-state index in [1.165, 1.54) is 12.1 Å². The maximum absolute atomic E-state index is 13.4. The standard InChI is InChI=1S/C20H21ClFNO4S/c1-28(24,25)26-11-15-7-8-16-19(12-2-5-14(22)6-3-12)23-18-9-4-13(21)10-17(18)20(16)27-15/h2-6,9-10,15-16,19-20,23H,7-8,11H2,1H3/t15-,16+,19+,20+/m1/s1. The van der Waals surface area contributed by atoms with Crippen molar-refractivity contribution in [1.82, 2.24) is 0 Å². The summed E-state index contributed by atoms with van der Waals surface area (Å²) < 4.78 is 47.3. The second-order valence-electron chi connectivity index (χ2n) is 7.31. The minimum absolute atomic E-state index is 0.00735. The molecular weight excluding hydrogens is 405 g/mol. The first kappa shape index (κ1) is 19.6. The average Bonchev–Trinajstić information content (AvgIpc) is 2.66. The molecule has 0 unspecified atom stereocenters. The highest BCUT2D eigenvalue weighted by Crippen LogP contribution is 2.50. The van der Waals surface area contributed by atoms with Gasteiger partial charge in [0.1, 0.15) is 5.82 Å². The van der Waals surface area contributed by atoms with Crippen molar-refractivity contribution in [3.05, 3.63) is 64.4 Å². The molecule has 2 heterocycles. The lowest BCUT2D eigenvalue weighted by Crippen LogP contribution is -2.40. The van der Waals surface area contributed by atoms with Gasteiger partial charge in [0.15, 0.2) is 0 Å². The van der Waals surface area contributed by atoms with E-state index in [1.54, 1.807) is 12.1 Å². The van der Waals surface area contributed by atoms with Crippen LogP contribution in [-0.2, 0) is 19.0 Å². The summed E-state index contributed by atoms with van der Waals surface area (Å²) in [6.07, 6.45) is 1.93. The largest absolute Gasteiger partial charge is 0.378 e. The fourth-order valence-electron chi connectivity index (χ4n) is 4.05.